The van der Waals surface area contributed by atoms with Crippen LogP contribution in [0.1, 0.15) is 12.5 Å². The molecule has 2 aromatic rings. The maximum atomic E-state index is 10.6. The Balaban J connectivity index is 2.66. The van der Waals surface area contributed by atoms with Gasteiger partial charge in [-0.05, 0) is 34.9 Å². The van der Waals surface area contributed by atoms with Crippen LogP contribution in [0.5, 0.6) is 0 Å². The Morgan fingerprint density at radius 1 is 1.07 bits per heavy atom. The van der Waals surface area contributed by atoms with E-state index in [2.05, 4.69) is 18.2 Å². The van der Waals surface area contributed by atoms with E-state index in [9.17, 15) is 4.79 Å². The third-order valence-electron chi connectivity index (χ3n) is 2.39. The summed E-state index contributed by atoms with van der Waals surface area (Å²) in [5.41, 5.74) is 1.84. The third kappa shape index (κ3) is 1.96. The van der Waals surface area contributed by atoms with Gasteiger partial charge in [0.05, 0.1) is 0 Å². The second-order valence-electron chi connectivity index (χ2n) is 3.57. The van der Waals surface area contributed by atoms with Crippen LogP contribution < -0.4 is 0 Å². The van der Waals surface area contributed by atoms with Crippen LogP contribution in [0.2, 0.25) is 0 Å². The molecular weight excluding hydrogens is 184 g/mol. The number of carbonyl (C=O) groups is 1. The minimum absolute atomic E-state index is 0.742. The van der Waals surface area contributed by atoms with E-state index in [0.717, 1.165) is 17.4 Å². The van der Waals surface area contributed by atoms with Gasteiger partial charge in [0.1, 0.15) is 6.29 Å². The molecule has 0 aliphatic heterocycles. The van der Waals surface area contributed by atoms with Gasteiger partial charge in [-0.2, -0.15) is 0 Å². The molecule has 0 amide bonds. The molecule has 15 heavy (non-hydrogen) atoms. The molecule has 0 bridgehead atoms. The number of benzene rings is 2. The molecule has 2 rings (SSSR count). The molecule has 0 unspecified atom stereocenters. The van der Waals surface area contributed by atoms with Crippen molar-refractivity contribution < 1.29 is 4.79 Å². The van der Waals surface area contributed by atoms with Crippen LogP contribution in [-0.4, -0.2) is 6.29 Å². The highest BCUT2D eigenvalue weighted by Crippen LogP contribution is 2.20. The molecule has 1 heteroatoms. The number of rotatable bonds is 2. The van der Waals surface area contributed by atoms with Crippen molar-refractivity contribution in [2.75, 3.05) is 0 Å². The molecule has 2 aromatic carbocycles. The van der Waals surface area contributed by atoms with E-state index in [-0.39, 0.29) is 0 Å². The van der Waals surface area contributed by atoms with Crippen LogP contribution in [0.3, 0.4) is 0 Å². The highest BCUT2D eigenvalue weighted by molar-refractivity contribution is 5.93. The van der Waals surface area contributed by atoms with Crippen LogP contribution in [0, 0.1) is 0 Å². The standard InChI is InChI=1S/C14H12O/c1-11(10-15)9-13-7-4-6-12-5-2-3-8-14(12)13/h2-10H,1H3/b11-9-. The van der Waals surface area contributed by atoms with Crippen LogP contribution in [0.25, 0.3) is 16.8 Å². The molecule has 0 N–H and O–H groups in total. The lowest BCUT2D eigenvalue weighted by atomic mass is 10.0. The SMILES string of the molecule is C/C(C=O)=C/c1cccc2ccccc12. The van der Waals surface area contributed by atoms with E-state index < -0.39 is 0 Å². The average molecular weight is 196 g/mol. The van der Waals surface area contributed by atoms with Crippen molar-refractivity contribution >= 4 is 23.1 Å². The number of hydrogen-bond donors (Lipinski definition) is 0. The number of hydrogen-bond acceptors (Lipinski definition) is 1. The van der Waals surface area contributed by atoms with Crippen molar-refractivity contribution in [2.24, 2.45) is 0 Å². The summed E-state index contributed by atoms with van der Waals surface area (Å²) in [5.74, 6) is 0. The fraction of sp³-hybridized carbons (Fsp3) is 0.0714. The molecule has 0 heterocycles. The first-order valence-corrected chi connectivity index (χ1v) is 4.92. The van der Waals surface area contributed by atoms with Crippen molar-refractivity contribution in [3.8, 4) is 0 Å². The van der Waals surface area contributed by atoms with Crippen LogP contribution >= 0.6 is 0 Å². The van der Waals surface area contributed by atoms with Crippen molar-refractivity contribution in [2.45, 2.75) is 6.92 Å². The lowest BCUT2D eigenvalue weighted by Gasteiger charge is -2.01. The van der Waals surface area contributed by atoms with Gasteiger partial charge in [-0.3, -0.25) is 4.79 Å². The van der Waals surface area contributed by atoms with Gasteiger partial charge in [0.2, 0.25) is 0 Å². The molecular formula is C14H12O. The topological polar surface area (TPSA) is 17.1 Å². The van der Waals surface area contributed by atoms with Crippen molar-refractivity contribution in [1.82, 2.24) is 0 Å². The predicted octanol–water partition coefficient (Wildman–Crippen LogP) is 3.44. The normalized spacial score (nSPS) is 11.7. The zero-order valence-corrected chi connectivity index (χ0v) is 8.60. The predicted molar refractivity (Wildman–Crippen MR) is 63.7 cm³/mol. The molecule has 0 aromatic heterocycles. The zero-order valence-electron chi connectivity index (χ0n) is 8.60. The molecule has 0 fully saturated rings. The Hall–Kier alpha value is -1.89. The van der Waals surface area contributed by atoms with E-state index in [4.69, 9.17) is 0 Å². The maximum absolute atomic E-state index is 10.6. The minimum Gasteiger partial charge on any atom is -0.298 e. The minimum atomic E-state index is 0.742. The third-order valence-corrected chi connectivity index (χ3v) is 2.39. The number of carbonyl (C=O) groups excluding carboxylic acids is 1. The summed E-state index contributed by atoms with van der Waals surface area (Å²) in [6.45, 7) is 1.81. The second kappa shape index (κ2) is 4.09. The Bertz CT molecular complexity index is 518. The van der Waals surface area contributed by atoms with E-state index in [1.54, 1.807) is 0 Å². The maximum Gasteiger partial charge on any atom is 0.145 e. The summed E-state index contributed by atoms with van der Waals surface area (Å²) in [6.07, 6.45) is 2.79. The lowest BCUT2D eigenvalue weighted by Crippen LogP contribution is -1.80. The van der Waals surface area contributed by atoms with Crippen molar-refractivity contribution in [3.63, 3.8) is 0 Å². The molecule has 0 aliphatic carbocycles. The Morgan fingerprint density at radius 2 is 1.80 bits per heavy atom. The van der Waals surface area contributed by atoms with Gasteiger partial charge >= 0.3 is 0 Å². The zero-order chi connectivity index (χ0) is 10.7. The summed E-state index contributed by atoms with van der Waals surface area (Å²) in [6, 6.07) is 14.3. The molecule has 0 spiro atoms. The van der Waals surface area contributed by atoms with E-state index in [0.29, 0.717) is 0 Å². The molecule has 0 saturated heterocycles. The summed E-state index contributed by atoms with van der Waals surface area (Å²) < 4.78 is 0. The summed E-state index contributed by atoms with van der Waals surface area (Å²) in [7, 11) is 0. The van der Waals surface area contributed by atoms with Crippen LogP contribution in [0.4, 0.5) is 0 Å². The molecule has 74 valence electrons. The lowest BCUT2D eigenvalue weighted by molar-refractivity contribution is -0.104. The van der Waals surface area contributed by atoms with E-state index in [1.165, 1.54) is 10.8 Å². The summed E-state index contributed by atoms with van der Waals surface area (Å²) in [4.78, 5) is 10.6. The Kier molecular flexibility index (Phi) is 2.64. The van der Waals surface area contributed by atoms with Gasteiger partial charge in [-0.1, -0.05) is 42.5 Å². The molecule has 0 radical (unpaired) electrons. The first kappa shape index (κ1) is 9.66. The van der Waals surface area contributed by atoms with Crippen molar-refractivity contribution in [3.05, 3.63) is 53.6 Å². The van der Waals surface area contributed by atoms with Crippen LogP contribution in [-0.2, 0) is 4.79 Å². The highest BCUT2D eigenvalue weighted by Gasteiger charge is 1.97. The Labute approximate surface area is 89.0 Å². The van der Waals surface area contributed by atoms with Gasteiger partial charge < -0.3 is 0 Å². The monoisotopic (exact) mass is 196 g/mol. The Morgan fingerprint density at radius 3 is 2.60 bits per heavy atom. The number of allylic oxidation sites excluding steroid dienone is 1. The van der Waals surface area contributed by atoms with E-state index in [1.807, 2.05) is 37.3 Å². The van der Waals surface area contributed by atoms with Gasteiger partial charge in [0.15, 0.2) is 0 Å². The fourth-order valence-electron chi connectivity index (χ4n) is 1.66. The molecule has 0 saturated carbocycles. The summed E-state index contributed by atoms with van der Waals surface area (Å²) in [5, 5.41) is 2.38. The van der Waals surface area contributed by atoms with Gasteiger partial charge in [-0.15, -0.1) is 0 Å². The highest BCUT2D eigenvalue weighted by atomic mass is 16.1. The largest absolute Gasteiger partial charge is 0.298 e. The second-order valence-corrected chi connectivity index (χ2v) is 3.57. The molecule has 0 atom stereocenters. The van der Waals surface area contributed by atoms with Crippen LogP contribution in [0.15, 0.2) is 48.0 Å². The van der Waals surface area contributed by atoms with Gasteiger partial charge in [-0.25, -0.2) is 0 Å². The number of fused-ring (bicyclic) bond motifs is 1. The molecule has 0 aliphatic rings. The smallest absolute Gasteiger partial charge is 0.145 e. The molecule has 1 nitrogen and oxygen atoms in total. The first-order valence-electron chi connectivity index (χ1n) is 4.92. The van der Waals surface area contributed by atoms with Crippen molar-refractivity contribution in [1.29, 1.82) is 0 Å². The quantitative estimate of drug-likeness (QED) is 0.531. The van der Waals surface area contributed by atoms with E-state index >= 15 is 0 Å². The van der Waals surface area contributed by atoms with Gasteiger partial charge in [0.25, 0.3) is 0 Å². The number of aldehydes is 1. The summed E-state index contributed by atoms with van der Waals surface area (Å²) >= 11 is 0. The fourth-order valence-corrected chi connectivity index (χ4v) is 1.66. The average Bonchev–Trinajstić information content (AvgIpc) is 2.29. The first-order chi connectivity index (χ1) is 7.31. The van der Waals surface area contributed by atoms with Gasteiger partial charge in [0, 0.05) is 0 Å².